The molecule has 0 aromatic carbocycles. The molecule has 1 unspecified atom stereocenters. The van der Waals surface area contributed by atoms with E-state index in [1.165, 1.54) is 0 Å². The monoisotopic (exact) mass is 243 g/mol. The second-order valence-corrected chi connectivity index (χ2v) is 3.95. The third-order valence-electron chi connectivity index (χ3n) is 2.20. The van der Waals surface area contributed by atoms with Crippen molar-refractivity contribution in [2.24, 2.45) is 11.7 Å². The molecule has 0 aliphatic carbocycles. The number of carbonyl (C=O) groups excluding carboxylic acids is 1. The zero-order chi connectivity index (χ0) is 11.4. The van der Waals surface area contributed by atoms with Crippen molar-refractivity contribution in [3.05, 3.63) is 24.0 Å². The number of nitrogens with zero attached hydrogens (tertiary/aromatic N) is 1. The molecule has 4 nitrogen and oxygen atoms in total. The number of aromatic nitrogens is 1. The third-order valence-corrected chi connectivity index (χ3v) is 2.20. The Balaban J connectivity index is 0.00000225. The van der Waals surface area contributed by atoms with Crippen LogP contribution in [0.5, 0.6) is 0 Å². The van der Waals surface area contributed by atoms with Gasteiger partial charge in [-0.3, -0.25) is 9.78 Å². The van der Waals surface area contributed by atoms with Gasteiger partial charge in [-0.05, 0) is 25.0 Å². The molecule has 0 fully saturated rings. The molecule has 0 saturated carbocycles. The van der Waals surface area contributed by atoms with Crippen molar-refractivity contribution in [2.75, 3.05) is 5.32 Å². The molecule has 0 aliphatic heterocycles. The van der Waals surface area contributed by atoms with Gasteiger partial charge < -0.3 is 11.1 Å². The van der Waals surface area contributed by atoms with Gasteiger partial charge in [-0.25, -0.2) is 0 Å². The summed E-state index contributed by atoms with van der Waals surface area (Å²) in [5.41, 5.74) is 7.31. The van der Waals surface area contributed by atoms with E-state index in [-0.39, 0.29) is 24.2 Å². The van der Waals surface area contributed by atoms with Crippen molar-refractivity contribution in [3.8, 4) is 0 Å². The largest absolute Gasteiger partial charge is 0.323 e. The summed E-state index contributed by atoms with van der Waals surface area (Å²) in [6.07, 6.45) is 1.63. The number of aryl methyl sites for hydroxylation is 1. The topological polar surface area (TPSA) is 68.0 Å². The molecule has 1 aromatic heterocycles. The van der Waals surface area contributed by atoms with Crippen LogP contribution in [0.1, 0.15) is 19.5 Å². The maximum atomic E-state index is 11.6. The van der Waals surface area contributed by atoms with E-state index < -0.39 is 6.04 Å². The molecule has 5 heteroatoms. The first kappa shape index (κ1) is 14.9. The molecule has 0 aliphatic rings. The van der Waals surface area contributed by atoms with Gasteiger partial charge in [0.15, 0.2) is 0 Å². The summed E-state index contributed by atoms with van der Waals surface area (Å²) in [5.74, 6) is -0.0425. The Labute approximate surface area is 102 Å². The lowest BCUT2D eigenvalue weighted by atomic mass is 10.1. The Hall–Kier alpha value is -1.13. The minimum Gasteiger partial charge on any atom is -0.323 e. The van der Waals surface area contributed by atoms with Crippen LogP contribution in [0.4, 0.5) is 5.69 Å². The van der Waals surface area contributed by atoms with Crippen LogP contribution in [0, 0.1) is 12.8 Å². The molecule has 3 N–H and O–H groups in total. The molecular weight excluding hydrogens is 226 g/mol. The summed E-state index contributed by atoms with van der Waals surface area (Å²) in [6, 6.07) is 3.18. The predicted octanol–water partition coefficient (Wildman–Crippen LogP) is 1.73. The van der Waals surface area contributed by atoms with Gasteiger partial charge in [-0.2, -0.15) is 0 Å². The van der Waals surface area contributed by atoms with E-state index in [4.69, 9.17) is 5.73 Å². The van der Waals surface area contributed by atoms with Gasteiger partial charge in [0.2, 0.25) is 5.91 Å². The van der Waals surface area contributed by atoms with Crippen molar-refractivity contribution in [3.63, 3.8) is 0 Å². The lowest BCUT2D eigenvalue weighted by Crippen LogP contribution is -2.39. The van der Waals surface area contributed by atoms with Crippen LogP contribution in [0.3, 0.4) is 0 Å². The molecule has 0 bridgehead atoms. The van der Waals surface area contributed by atoms with Crippen molar-refractivity contribution in [1.29, 1.82) is 0 Å². The molecule has 0 spiro atoms. The SMILES string of the molecule is Cc1ccc(NC(=O)C(N)C(C)C)cn1.Cl. The number of amides is 1. The summed E-state index contributed by atoms with van der Waals surface area (Å²) >= 11 is 0. The molecular formula is C11H18ClN3O. The van der Waals surface area contributed by atoms with Crippen LogP contribution in [-0.2, 0) is 4.79 Å². The molecule has 0 saturated heterocycles. The Morgan fingerprint density at radius 1 is 1.44 bits per heavy atom. The Bertz CT molecular complexity index is 338. The van der Waals surface area contributed by atoms with Gasteiger partial charge in [0.05, 0.1) is 17.9 Å². The number of nitrogens with two attached hydrogens (primary N) is 1. The molecule has 1 rings (SSSR count). The van der Waals surface area contributed by atoms with E-state index in [9.17, 15) is 4.79 Å². The van der Waals surface area contributed by atoms with Crippen molar-refractivity contribution >= 4 is 24.0 Å². The van der Waals surface area contributed by atoms with Gasteiger partial charge in [-0.15, -0.1) is 12.4 Å². The molecule has 1 heterocycles. The van der Waals surface area contributed by atoms with E-state index in [1.54, 1.807) is 6.20 Å². The second kappa shape index (κ2) is 6.45. The molecule has 1 atom stereocenters. The fourth-order valence-corrected chi connectivity index (χ4v) is 1.07. The maximum Gasteiger partial charge on any atom is 0.241 e. The van der Waals surface area contributed by atoms with Crippen LogP contribution in [0.15, 0.2) is 18.3 Å². The van der Waals surface area contributed by atoms with Gasteiger partial charge in [-0.1, -0.05) is 13.8 Å². The lowest BCUT2D eigenvalue weighted by molar-refractivity contribution is -0.118. The number of pyridine rings is 1. The fourth-order valence-electron chi connectivity index (χ4n) is 1.07. The minimum atomic E-state index is -0.480. The lowest BCUT2D eigenvalue weighted by Gasteiger charge is -2.15. The summed E-state index contributed by atoms with van der Waals surface area (Å²) < 4.78 is 0. The van der Waals surface area contributed by atoms with Crippen LogP contribution >= 0.6 is 12.4 Å². The van der Waals surface area contributed by atoms with E-state index >= 15 is 0 Å². The van der Waals surface area contributed by atoms with Crippen LogP contribution in [0.25, 0.3) is 0 Å². The highest BCUT2D eigenvalue weighted by Gasteiger charge is 2.16. The molecule has 16 heavy (non-hydrogen) atoms. The zero-order valence-electron chi connectivity index (χ0n) is 9.73. The Kier molecular flexibility index (Phi) is 6.00. The van der Waals surface area contributed by atoms with Crippen molar-refractivity contribution in [1.82, 2.24) is 4.98 Å². The zero-order valence-corrected chi connectivity index (χ0v) is 10.5. The van der Waals surface area contributed by atoms with Crippen LogP contribution < -0.4 is 11.1 Å². The highest BCUT2D eigenvalue weighted by molar-refractivity contribution is 5.94. The first-order valence-corrected chi connectivity index (χ1v) is 5.00. The van der Waals surface area contributed by atoms with Crippen molar-refractivity contribution < 1.29 is 4.79 Å². The molecule has 90 valence electrons. The summed E-state index contributed by atoms with van der Waals surface area (Å²) in [6.45, 7) is 5.72. The molecule has 0 radical (unpaired) electrons. The first-order chi connectivity index (χ1) is 7.00. The van der Waals surface area contributed by atoms with E-state index in [0.717, 1.165) is 5.69 Å². The fraction of sp³-hybridized carbons (Fsp3) is 0.455. The average Bonchev–Trinajstić information content (AvgIpc) is 2.20. The minimum absolute atomic E-state index is 0. The number of hydrogen-bond donors (Lipinski definition) is 2. The smallest absolute Gasteiger partial charge is 0.241 e. The van der Waals surface area contributed by atoms with E-state index in [2.05, 4.69) is 10.3 Å². The Morgan fingerprint density at radius 3 is 2.50 bits per heavy atom. The van der Waals surface area contributed by atoms with E-state index in [0.29, 0.717) is 5.69 Å². The number of rotatable bonds is 3. The van der Waals surface area contributed by atoms with Gasteiger partial charge >= 0.3 is 0 Å². The number of hydrogen-bond acceptors (Lipinski definition) is 3. The highest BCUT2D eigenvalue weighted by atomic mass is 35.5. The summed E-state index contributed by atoms with van der Waals surface area (Å²) in [7, 11) is 0. The number of anilines is 1. The average molecular weight is 244 g/mol. The molecule has 1 amide bonds. The number of carbonyl (C=O) groups is 1. The van der Waals surface area contributed by atoms with Crippen LogP contribution in [0.2, 0.25) is 0 Å². The predicted molar refractivity (Wildman–Crippen MR) is 67.7 cm³/mol. The quantitative estimate of drug-likeness (QED) is 0.850. The van der Waals surface area contributed by atoms with Gasteiger partial charge in [0.1, 0.15) is 0 Å². The highest BCUT2D eigenvalue weighted by Crippen LogP contribution is 2.07. The van der Waals surface area contributed by atoms with Gasteiger partial charge in [0, 0.05) is 5.69 Å². The first-order valence-electron chi connectivity index (χ1n) is 5.00. The number of halogens is 1. The summed E-state index contributed by atoms with van der Waals surface area (Å²) in [5, 5.41) is 2.72. The Morgan fingerprint density at radius 2 is 2.06 bits per heavy atom. The number of nitrogens with one attached hydrogen (secondary N) is 1. The van der Waals surface area contributed by atoms with Crippen LogP contribution in [-0.4, -0.2) is 16.9 Å². The van der Waals surface area contributed by atoms with Crippen molar-refractivity contribution in [2.45, 2.75) is 26.8 Å². The standard InChI is InChI=1S/C11H17N3O.ClH/c1-7(2)10(12)11(15)14-9-5-4-8(3)13-6-9;/h4-7,10H,12H2,1-3H3,(H,14,15);1H. The normalized spacial score (nSPS) is 11.8. The maximum absolute atomic E-state index is 11.6. The van der Waals surface area contributed by atoms with Gasteiger partial charge in [0.25, 0.3) is 0 Å². The molecule has 1 aromatic rings. The third kappa shape index (κ3) is 4.16. The van der Waals surface area contributed by atoms with E-state index in [1.807, 2.05) is 32.9 Å². The second-order valence-electron chi connectivity index (χ2n) is 3.95. The summed E-state index contributed by atoms with van der Waals surface area (Å²) in [4.78, 5) is 15.7.